The van der Waals surface area contributed by atoms with E-state index in [1.165, 1.54) is 0 Å². The molecule has 5 N–H and O–H groups in total. The van der Waals surface area contributed by atoms with E-state index in [9.17, 15) is 9.90 Å². The lowest BCUT2D eigenvalue weighted by Crippen LogP contribution is -2.34. The molecular formula is C35H60N8O7. The maximum atomic E-state index is 11.6. The lowest BCUT2D eigenvalue weighted by molar-refractivity contribution is 0.0136. The number of aromatic hydroxyl groups is 1. The number of rotatable bonds is 24. The van der Waals surface area contributed by atoms with Crippen LogP contribution in [0.25, 0.3) is 11.9 Å². The third kappa shape index (κ3) is 18.3. The first-order chi connectivity index (χ1) is 24.0. The zero-order valence-electron chi connectivity index (χ0n) is 31.0. The van der Waals surface area contributed by atoms with Gasteiger partial charge in [-0.25, -0.2) is 4.79 Å². The van der Waals surface area contributed by atoms with Crippen LogP contribution >= 0.6 is 0 Å². The number of hydrogen-bond acceptors (Lipinski definition) is 13. The molecule has 50 heavy (non-hydrogen) atoms. The molecular weight excluding hydrogens is 644 g/mol. The first-order valence-electron chi connectivity index (χ1n) is 17.7. The number of nitrogens with zero attached hydrogens (tertiary/aromatic N) is 5. The lowest BCUT2D eigenvalue weighted by atomic mass is 10.2. The highest BCUT2D eigenvalue weighted by atomic mass is 16.6. The van der Waals surface area contributed by atoms with Gasteiger partial charge >= 0.3 is 6.09 Å². The van der Waals surface area contributed by atoms with Gasteiger partial charge in [-0.3, -0.25) is 14.5 Å². The van der Waals surface area contributed by atoms with Crippen LogP contribution in [0.3, 0.4) is 0 Å². The quantitative estimate of drug-likeness (QED) is 0.0712. The fourth-order valence-electron chi connectivity index (χ4n) is 4.36. The molecule has 2 aromatic heterocycles. The number of hydrogen-bond donors (Lipinski definition) is 4. The van der Waals surface area contributed by atoms with Crippen molar-refractivity contribution in [2.75, 3.05) is 59.3 Å². The fourth-order valence-corrected chi connectivity index (χ4v) is 4.36. The van der Waals surface area contributed by atoms with Gasteiger partial charge in [0.2, 0.25) is 0 Å². The molecule has 15 heteroatoms. The molecule has 0 aliphatic heterocycles. The predicted octanol–water partition coefficient (Wildman–Crippen LogP) is 2.71. The Kier molecular flexibility index (Phi) is 20.7. The van der Waals surface area contributed by atoms with Crippen LogP contribution in [0.1, 0.15) is 91.5 Å². The molecule has 0 spiro atoms. The van der Waals surface area contributed by atoms with Crippen LogP contribution in [-0.2, 0) is 36.8 Å². The zero-order chi connectivity index (χ0) is 36.6. The fraction of sp³-hybridized carbons (Fsp3) is 0.686. The van der Waals surface area contributed by atoms with E-state index < -0.39 is 11.7 Å². The maximum absolute atomic E-state index is 11.6. The highest BCUT2D eigenvalue weighted by Crippen LogP contribution is 2.07. The molecule has 2 heterocycles. The molecule has 0 saturated heterocycles. The van der Waals surface area contributed by atoms with Crippen molar-refractivity contribution in [1.82, 2.24) is 30.2 Å². The second-order valence-electron chi connectivity index (χ2n) is 12.6. The van der Waals surface area contributed by atoms with Crippen LogP contribution in [-0.4, -0.2) is 102 Å². The van der Waals surface area contributed by atoms with E-state index in [2.05, 4.69) is 44.4 Å². The predicted molar refractivity (Wildman–Crippen MR) is 193 cm³/mol. The van der Waals surface area contributed by atoms with Crippen LogP contribution < -0.4 is 27.1 Å². The number of nitrogens with one attached hydrogen (secondary N) is 2. The van der Waals surface area contributed by atoms with Gasteiger partial charge < -0.3 is 45.2 Å². The Balaban J connectivity index is 1.65. The van der Waals surface area contributed by atoms with Crippen LogP contribution in [0.2, 0.25) is 0 Å². The summed E-state index contributed by atoms with van der Waals surface area (Å²) in [7, 11) is 0. The van der Waals surface area contributed by atoms with Gasteiger partial charge in [-0.2, -0.15) is 9.98 Å². The number of imidazole rings is 1. The molecule has 282 valence electrons. The highest BCUT2D eigenvalue weighted by molar-refractivity contribution is 5.77. The molecule has 0 aliphatic rings. The largest absolute Gasteiger partial charge is 0.481 e. The Morgan fingerprint density at radius 2 is 1.58 bits per heavy atom. The molecule has 0 saturated carbocycles. The minimum Gasteiger partial charge on any atom is -0.481 e. The summed E-state index contributed by atoms with van der Waals surface area (Å²) < 4.78 is 29.1. The molecule has 0 unspecified atom stereocenters. The Morgan fingerprint density at radius 3 is 2.20 bits per heavy atom. The third-order valence-electron chi connectivity index (χ3n) is 6.85. The van der Waals surface area contributed by atoms with Gasteiger partial charge in [0.25, 0.3) is 6.01 Å². The molecule has 15 nitrogen and oxygen atoms in total. The third-order valence-corrected chi connectivity index (χ3v) is 6.85. The Labute approximate surface area is 296 Å². The average molecular weight is 705 g/mol. The Hall–Kier alpha value is -3.79. The normalized spacial score (nSPS) is 13.1. The summed E-state index contributed by atoms with van der Waals surface area (Å²) in [5.74, 6) is 0.639. The average Bonchev–Trinajstić information content (AvgIpc) is 3.37. The van der Waals surface area contributed by atoms with Crippen molar-refractivity contribution in [1.29, 1.82) is 0 Å². The van der Waals surface area contributed by atoms with Crippen molar-refractivity contribution in [2.24, 2.45) is 10.7 Å². The molecule has 2 aromatic rings. The van der Waals surface area contributed by atoms with E-state index in [1.54, 1.807) is 23.9 Å². The summed E-state index contributed by atoms with van der Waals surface area (Å²) in [4.78, 5) is 29.3. The summed E-state index contributed by atoms with van der Waals surface area (Å²) in [5.41, 5.74) is 7.28. The molecule has 1 amide bonds. The van der Waals surface area contributed by atoms with E-state index in [0.29, 0.717) is 88.0 Å². The van der Waals surface area contributed by atoms with Crippen LogP contribution in [0.4, 0.5) is 4.79 Å². The summed E-state index contributed by atoms with van der Waals surface area (Å²) in [6, 6.07) is -0.168. The van der Waals surface area contributed by atoms with Gasteiger partial charge in [-0.05, 0) is 53.0 Å². The number of aromatic nitrogens is 4. The smallest absolute Gasteiger partial charge is 0.407 e. The van der Waals surface area contributed by atoms with E-state index in [4.69, 9.17) is 29.4 Å². The van der Waals surface area contributed by atoms with Gasteiger partial charge in [-0.15, -0.1) is 0 Å². The first kappa shape index (κ1) is 42.4. The number of amides is 1. The van der Waals surface area contributed by atoms with Crippen molar-refractivity contribution in [3.63, 3.8) is 0 Å². The van der Waals surface area contributed by atoms with Gasteiger partial charge in [-0.1, -0.05) is 32.8 Å². The van der Waals surface area contributed by atoms with Gasteiger partial charge in [0.1, 0.15) is 11.0 Å². The molecule has 0 aromatic carbocycles. The minimum absolute atomic E-state index is 0.168. The monoisotopic (exact) mass is 704 g/mol. The standard InChI is InChI=1S/C35H60N8O7/c1-7-9-13-30-31(32(36)41-27(3)49-18-10-8-2)42-33(44)43(30)26-29-25-39-28(24-40-29)23-37-14-11-16-46-19-21-48-22-20-47-17-12-15-38-34(45)50-35(4,5)6/h13,24-25,37H,7-12,14-23,26,36H2,1-6H3,(H,38,45)(H,42,44)/b30-13-,32-31+,41-27+. The zero-order valence-corrected chi connectivity index (χ0v) is 31.0. The van der Waals surface area contributed by atoms with Gasteiger partial charge in [0.15, 0.2) is 11.7 Å². The van der Waals surface area contributed by atoms with Crippen molar-refractivity contribution in [2.45, 2.75) is 98.8 Å². The second-order valence-corrected chi connectivity index (χ2v) is 12.6. The topological polar surface area (TPSA) is 189 Å². The summed E-state index contributed by atoms with van der Waals surface area (Å²) in [5, 5.41) is 17.9. The Morgan fingerprint density at radius 1 is 0.940 bits per heavy atom. The molecule has 0 radical (unpaired) electrons. The highest BCUT2D eigenvalue weighted by Gasteiger charge is 2.15. The summed E-state index contributed by atoms with van der Waals surface area (Å²) >= 11 is 0. The van der Waals surface area contributed by atoms with Gasteiger partial charge in [0.05, 0.1) is 68.7 Å². The van der Waals surface area contributed by atoms with Crippen molar-refractivity contribution >= 4 is 23.9 Å². The number of aliphatic imine (C=N–C) groups is 1. The van der Waals surface area contributed by atoms with E-state index in [0.717, 1.165) is 44.3 Å². The molecule has 0 aliphatic carbocycles. The number of unbranched alkanes of at least 4 members (excludes halogenated alkanes) is 2. The van der Waals surface area contributed by atoms with Crippen LogP contribution in [0, 0.1) is 0 Å². The van der Waals surface area contributed by atoms with Gasteiger partial charge in [0, 0.05) is 33.2 Å². The number of nitrogens with two attached hydrogens (primary N) is 1. The maximum Gasteiger partial charge on any atom is 0.407 e. The second kappa shape index (κ2) is 24.4. The molecule has 0 atom stereocenters. The number of carbonyl (C=O) groups is 1. The molecule has 0 bridgehead atoms. The molecule has 0 fully saturated rings. The molecule has 2 rings (SSSR count). The van der Waals surface area contributed by atoms with E-state index >= 15 is 0 Å². The number of ether oxygens (including phenoxy) is 5. The summed E-state index contributed by atoms with van der Waals surface area (Å²) in [6.07, 6.45) is 10.2. The first-order valence-corrected chi connectivity index (χ1v) is 17.7. The Bertz CT molecular complexity index is 1390. The van der Waals surface area contributed by atoms with Crippen molar-refractivity contribution < 1.29 is 33.6 Å². The van der Waals surface area contributed by atoms with Crippen molar-refractivity contribution in [3.8, 4) is 6.01 Å². The number of alkyl carbamates (subject to hydrolysis) is 1. The summed E-state index contributed by atoms with van der Waals surface area (Å²) in [6.45, 7) is 17.3. The van der Waals surface area contributed by atoms with Crippen LogP contribution in [0.5, 0.6) is 6.01 Å². The lowest BCUT2D eigenvalue weighted by Gasteiger charge is -2.19. The van der Waals surface area contributed by atoms with Crippen molar-refractivity contribution in [3.05, 3.63) is 34.5 Å². The van der Waals surface area contributed by atoms with E-state index in [1.807, 2.05) is 26.8 Å². The number of carbonyl (C=O) groups excluding carboxylic acids is 1. The SMILES string of the molecule is CCC/C=c1/c(=C(N)\N=C(/C)OCCCC)nc(O)n1Cc1cnc(CNCCCOCCOCCOCCCNC(=O)OC(C)(C)C)cn1. The van der Waals surface area contributed by atoms with E-state index in [-0.39, 0.29) is 18.4 Å². The van der Waals surface area contributed by atoms with Crippen LogP contribution in [0.15, 0.2) is 17.4 Å². The minimum atomic E-state index is -0.501.